The highest BCUT2D eigenvalue weighted by atomic mass is 32.2. The Morgan fingerprint density at radius 1 is 1.09 bits per heavy atom. The average molecular weight is 339 g/mol. The maximum atomic E-state index is 12.2. The molecule has 1 fully saturated rings. The molecule has 0 spiro atoms. The molecule has 0 atom stereocenters. The first kappa shape index (κ1) is 17.9. The lowest BCUT2D eigenvalue weighted by Gasteiger charge is -2.33. The van der Waals surface area contributed by atoms with Crippen molar-refractivity contribution in [3.63, 3.8) is 0 Å². The molecule has 2 rings (SSSR count). The van der Waals surface area contributed by atoms with Crippen LogP contribution in [-0.4, -0.2) is 69.1 Å². The van der Waals surface area contributed by atoms with Crippen LogP contribution in [0.3, 0.4) is 0 Å². The summed E-state index contributed by atoms with van der Waals surface area (Å²) in [7, 11) is -3.09. The smallest absolute Gasteiger partial charge is 0.251 e. The van der Waals surface area contributed by atoms with E-state index in [-0.39, 0.29) is 5.91 Å². The molecular weight excluding hydrogens is 314 g/mol. The van der Waals surface area contributed by atoms with E-state index in [4.69, 9.17) is 0 Å². The lowest BCUT2D eigenvalue weighted by molar-refractivity contribution is 0.0945. The normalized spacial score (nSPS) is 17.2. The van der Waals surface area contributed by atoms with Crippen LogP contribution < -0.4 is 5.32 Å². The fourth-order valence-electron chi connectivity index (χ4n) is 2.82. The number of hydrogen-bond acceptors (Lipinski definition) is 4. The molecule has 1 aromatic rings. The molecule has 0 saturated carbocycles. The number of amides is 1. The number of sulfonamides is 1. The van der Waals surface area contributed by atoms with Crippen LogP contribution in [0, 0.1) is 13.8 Å². The Hall–Kier alpha value is -1.44. The molecule has 1 heterocycles. The van der Waals surface area contributed by atoms with Crippen molar-refractivity contribution in [1.29, 1.82) is 0 Å². The van der Waals surface area contributed by atoms with Crippen LogP contribution in [0.25, 0.3) is 0 Å². The number of rotatable bonds is 5. The van der Waals surface area contributed by atoms with Crippen molar-refractivity contribution in [3.8, 4) is 0 Å². The van der Waals surface area contributed by atoms with E-state index in [0.29, 0.717) is 38.3 Å². The molecule has 0 bridgehead atoms. The molecule has 128 valence electrons. The van der Waals surface area contributed by atoms with Gasteiger partial charge in [0.2, 0.25) is 10.0 Å². The summed E-state index contributed by atoms with van der Waals surface area (Å²) in [5.41, 5.74) is 2.84. The lowest BCUT2D eigenvalue weighted by Crippen LogP contribution is -2.49. The number of carbonyl (C=O) groups excluding carboxylic acids is 1. The summed E-state index contributed by atoms with van der Waals surface area (Å²) in [5, 5.41) is 2.93. The molecule has 0 aliphatic carbocycles. The molecule has 1 amide bonds. The van der Waals surface area contributed by atoms with Crippen molar-refractivity contribution in [1.82, 2.24) is 14.5 Å². The van der Waals surface area contributed by atoms with Crippen molar-refractivity contribution in [2.24, 2.45) is 0 Å². The molecule has 23 heavy (non-hydrogen) atoms. The van der Waals surface area contributed by atoms with Crippen LogP contribution in [0.5, 0.6) is 0 Å². The van der Waals surface area contributed by atoms with Gasteiger partial charge < -0.3 is 5.32 Å². The summed E-state index contributed by atoms with van der Waals surface area (Å²) in [6, 6.07) is 5.80. The van der Waals surface area contributed by atoms with E-state index in [0.717, 1.165) is 17.7 Å². The summed E-state index contributed by atoms with van der Waals surface area (Å²) >= 11 is 0. The summed E-state index contributed by atoms with van der Waals surface area (Å²) in [6.07, 6.45) is 1.24. The third-order valence-corrected chi connectivity index (χ3v) is 5.30. The number of nitrogens with zero attached hydrogens (tertiary/aromatic N) is 2. The monoisotopic (exact) mass is 339 g/mol. The van der Waals surface area contributed by atoms with Crippen molar-refractivity contribution < 1.29 is 13.2 Å². The van der Waals surface area contributed by atoms with Gasteiger partial charge in [0, 0.05) is 44.8 Å². The fourth-order valence-corrected chi connectivity index (χ4v) is 3.65. The Morgan fingerprint density at radius 3 is 2.17 bits per heavy atom. The first-order valence-corrected chi connectivity index (χ1v) is 9.64. The maximum absolute atomic E-state index is 12.2. The van der Waals surface area contributed by atoms with Crippen molar-refractivity contribution in [2.75, 3.05) is 45.5 Å². The number of nitrogens with one attached hydrogen (secondary N) is 1. The second-order valence-electron chi connectivity index (χ2n) is 6.14. The minimum atomic E-state index is -3.09. The van der Waals surface area contributed by atoms with Gasteiger partial charge in [-0.1, -0.05) is 17.2 Å². The number of piperazine rings is 1. The molecule has 0 unspecified atom stereocenters. The maximum Gasteiger partial charge on any atom is 0.251 e. The van der Waals surface area contributed by atoms with E-state index in [2.05, 4.69) is 10.2 Å². The Balaban J connectivity index is 1.76. The van der Waals surface area contributed by atoms with E-state index in [9.17, 15) is 13.2 Å². The van der Waals surface area contributed by atoms with Gasteiger partial charge in [0.15, 0.2) is 0 Å². The molecule has 0 radical (unpaired) electrons. The van der Waals surface area contributed by atoms with Gasteiger partial charge in [-0.25, -0.2) is 8.42 Å². The van der Waals surface area contributed by atoms with Gasteiger partial charge in [0.1, 0.15) is 0 Å². The number of carbonyl (C=O) groups is 1. The molecular formula is C16H25N3O3S. The molecule has 0 aromatic heterocycles. The summed E-state index contributed by atoms with van der Waals surface area (Å²) in [5.74, 6) is -0.0634. The van der Waals surface area contributed by atoms with E-state index in [1.807, 2.05) is 32.0 Å². The largest absolute Gasteiger partial charge is 0.351 e. The minimum Gasteiger partial charge on any atom is -0.351 e. The van der Waals surface area contributed by atoms with Crippen molar-refractivity contribution in [2.45, 2.75) is 13.8 Å². The first-order valence-electron chi connectivity index (χ1n) is 7.80. The number of hydrogen-bond donors (Lipinski definition) is 1. The minimum absolute atomic E-state index is 0.0634. The van der Waals surface area contributed by atoms with Gasteiger partial charge >= 0.3 is 0 Å². The molecule has 1 aliphatic rings. The van der Waals surface area contributed by atoms with Crippen molar-refractivity contribution >= 4 is 15.9 Å². The quantitative estimate of drug-likeness (QED) is 0.853. The number of benzene rings is 1. The zero-order valence-corrected chi connectivity index (χ0v) is 14.8. The zero-order chi connectivity index (χ0) is 17.0. The van der Waals surface area contributed by atoms with Crippen LogP contribution in [0.2, 0.25) is 0 Å². The second kappa shape index (κ2) is 7.42. The molecule has 1 saturated heterocycles. The predicted octanol–water partition coefficient (Wildman–Crippen LogP) is 0.610. The van der Waals surface area contributed by atoms with E-state index in [1.165, 1.54) is 10.6 Å². The summed E-state index contributed by atoms with van der Waals surface area (Å²) in [4.78, 5) is 14.3. The highest BCUT2D eigenvalue weighted by Crippen LogP contribution is 2.09. The van der Waals surface area contributed by atoms with Gasteiger partial charge in [0.25, 0.3) is 5.91 Å². The van der Waals surface area contributed by atoms with E-state index < -0.39 is 10.0 Å². The van der Waals surface area contributed by atoms with Crippen LogP contribution in [0.1, 0.15) is 21.5 Å². The molecule has 1 aliphatic heterocycles. The van der Waals surface area contributed by atoms with Crippen LogP contribution in [-0.2, 0) is 10.0 Å². The Labute approximate surface area is 138 Å². The third-order valence-electron chi connectivity index (χ3n) is 4.00. The van der Waals surface area contributed by atoms with Crippen LogP contribution >= 0.6 is 0 Å². The van der Waals surface area contributed by atoms with Gasteiger partial charge in [-0.05, 0) is 26.0 Å². The predicted molar refractivity (Wildman–Crippen MR) is 91.1 cm³/mol. The highest BCUT2D eigenvalue weighted by Gasteiger charge is 2.22. The highest BCUT2D eigenvalue weighted by molar-refractivity contribution is 7.88. The third kappa shape index (κ3) is 5.30. The second-order valence-corrected chi connectivity index (χ2v) is 8.12. The molecule has 6 nitrogen and oxygen atoms in total. The van der Waals surface area contributed by atoms with Crippen molar-refractivity contribution in [3.05, 3.63) is 34.9 Å². The average Bonchev–Trinajstić information content (AvgIpc) is 2.45. The summed E-state index contributed by atoms with van der Waals surface area (Å²) in [6.45, 7) is 7.68. The van der Waals surface area contributed by atoms with E-state index in [1.54, 1.807) is 0 Å². The Morgan fingerprint density at radius 2 is 1.65 bits per heavy atom. The Bertz CT molecular complexity index is 645. The van der Waals surface area contributed by atoms with Crippen LogP contribution in [0.4, 0.5) is 0 Å². The number of aryl methyl sites for hydroxylation is 2. The molecule has 7 heteroatoms. The van der Waals surface area contributed by atoms with Gasteiger partial charge in [0.05, 0.1) is 6.26 Å². The van der Waals surface area contributed by atoms with E-state index >= 15 is 0 Å². The lowest BCUT2D eigenvalue weighted by atomic mass is 10.1. The molecule has 1 aromatic carbocycles. The standard InChI is InChI=1S/C16H25N3O3S/c1-13-10-14(2)12-15(11-13)16(20)17-4-5-18-6-8-19(9-7-18)23(3,21)22/h10-12H,4-9H2,1-3H3,(H,17,20). The SMILES string of the molecule is Cc1cc(C)cc(C(=O)NCCN2CCN(S(C)(=O)=O)CC2)c1. The molecule has 1 N–H and O–H groups in total. The topological polar surface area (TPSA) is 69.7 Å². The van der Waals surface area contributed by atoms with Gasteiger partial charge in [-0.3, -0.25) is 9.69 Å². The Kier molecular flexibility index (Phi) is 5.78. The summed E-state index contributed by atoms with van der Waals surface area (Å²) < 4.78 is 24.4. The van der Waals surface area contributed by atoms with Gasteiger partial charge in [-0.2, -0.15) is 4.31 Å². The first-order chi connectivity index (χ1) is 10.8. The van der Waals surface area contributed by atoms with Crippen LogP contribution in [0.15, 0.2) is 18.2 Å². The van der Waals surface area contributed by atoms with Gasteiger partial charge in [-0.15, -0.1) is 0 Å². The zero-order valence-electron chi connectivity index (χ0n) is 14.0. The fraction of sp³-hybridized carbons (Fsp3) is 0.562.